The van der Waals surface area contributed by atoms with Crippen molar-refractivity contribution in [1.29, 1.82) is 0 Å². The summed E-state index contributed by atoms with van der Waals surface area (Å²) < 4.78 is 10.1. The molecular weight excluding hydrogens is 270 g/mol. The van der Waals surface area contributed by atoms with Gasteiger partial charge in [-0.2, -0.15) is 0 Å². The summed E-state index contributed by atoms with van der Waals surface area (Å²) in [4.78, 5) is 23.8. The Morgan fingerprint density at radius 3 is 2.95 bits per heavy atom. The van der Waals surface area contributed by atoms with E-state index >= 15 is 0 Å². The Labute approximate surface area is 121 Å². The van der Waals surface area contributed by atoms with E-state index in [0.29, 0.717) is 23.4 Å². The van der Waals surface area contributed by atoms with Gasteiger partial charge in [-0.1, -0.05) is 12.1 Å². The SMILES string of the molecule is O=C(Nc1cccc2c1C(=O)CCC2)OCc1ccco1. The molecule has 0 unspecified atom stereocenters. The molecule has 5 nitrogen and oxygen atoms in total. The Morgan fingerprint density at radius 2 is 2.14 bits per heavy atom. The highest BCUT2D eigenvalue weighted by atomic mass is 16.6. The van der Waals surface area contributed by atoms with Gasteiger partial charge in [0.15, 0.2) is 12.4 Å². The summed E-state index contributed by atoms with van der Waals surface area (Å²) in [6.45, 7) is 0.0573. The maximum atomic E-state index is 12.0. The number of furan rings is 1. The predicted molar refractivity (Wildman–Crippen MR) is 76.2 cm³/mol. The summed E-state index contributed by atoms with van der Waals surface area (Å²) in [6.07, 6.45) is 3.16. The number of anilines is 1. The van der Waals surface area contributed by atoms with Crippen molar-refractivity contribution >= 4 is 17.6 Å². The number of nitrogens with one attached hydrogen (secondary N) is 1. The molecular formula is C16H15NO4. The fourth-order valence-corrected chi connectivity index (χ4v) is 2.48. The average molecular weight is 285 g/mol. The van der Waals surface area contributed by atoms with Crippen LogP contribution in [0.5, 0.6) is 0 Å². The fourth-order valence-electron chi connectivity index (χ4n) is 2.48. The first-order chi connectivity index (χ1) is 10.2. The first kappa shape index (κ1) is 13.4. The van der Waals surface area contributed by atoms with Crippen LogP contribution in [0.15, 0.2) is 41.0 Å². The van der Waals surface area contributed by atoms with E-state index in [0.717, 1.165) is 18.4 Å². The van der Waals surface area contributed by atoms with Crippen LogP contribution in [0.4, 0.5) is 10.5 Å². The maximum Gasteiger partial charge on any atom is 0.412 e. The molecule has 2 aromatic rings. The second-order valence-electron chi connectivity index (χ2n) is 4.90. The number of fused-ring (bicyclic) bond motifs is 1. The van der Waals surface area contributed by atoms with Gasteiger partial charge in [0.2, 0.25) is 0 Å². The summed E-state index contributed by atoms with van der Waals surface area (Å²) >= 11 is 0. The van der Waals surface area contributed by atoms with E-state index < -0.39 is 6.09 Å². The number of ether oxygens (including phenoxy) is 1. The van der Waals surface area contributed by atoms with Gasteiger partial charge in [-0.15, -0.1) is 0 Å². The van der Waals surface area contributed by atoms with Crippen LogP contribution in [0, 0.1) is 0 Å². The van der Waals surface area contributed by atoms with Crippen molar-refractivity contribution in [3.8, 4) is 0 Å². The lowest BCUT2D eigenvalue weighted by Crippen LogP contribution is -2.19. The molecule has 0 spiro atoms. The van der Waals surface area contributed by atoms with Gasteiger partial charge in [-0.3, -0.25) is 10.1 Å². The van der Waals surface area contributed by atoms with Crippen LogP contribution >= 0.6 is 0 Å². The number of benzene rings is 1. The lowest BCUT2D eigenvalue weighted by Gasteiger charge is -2.18. The Balaban J connectivity index is 1.70. The third kappa shape index (κ3) is 2.97. The average Bonchev–Trinajstić information content (AvgIpc) is 2.99. The van der Waals surface area contributed by atoms with Crippen LogP contribution in [0.1, 0.15) is 34.5 Å². The number of carbonyl (C=O) groups is 2. The molecule has 0 bridgehead atoms. The number of rotatable bonds is 3. The van der Waals surface area contributed by atoms with Crippen LogP contribution in [-0.4, -0.2) is 11.9 Å². The van der Waals surface area contributed by atoms with Gasteiger partial charge in [0.25, 0.3) is 0 Å². The van der Waals surface area contributed by atoms with Gasteiger partial charge in [0.1, 0.15) is 5.76 Å². The van der Waals surface area contributed by atoms with E-state index in [1.807, 2.05) is 12.1 Å². The zero-order valence-electron chi connectivity index (χ0n) is 11.4. The monoisotopic (exact) mass is 285 g/mol. The van der Waals surface area contributed by atoms with Gasteiger partial charge in [-0.05, 0) is 36.6 Å². The molecule has 0 aliphatic heterocycles. The van der Waals surface area contributed by atoms with Crippen molar-refractivity contribution in [2.45, 2.75) is 25.9 Å². The summed E-state index contributed by atoms with van der Waals surface area (Å²) in [6, 6.07) is 8.92. The highest BCUT2D eigenvalue weighted by molar-refractivity contribution is 6.05. The van der Waals surface area contributed by atoms with Crippen LogP contribution in [0.3, 0.4) is 0 Å². The number of hydrogen-bond acceptors (Lipinski definition) is 4. The van der Waals surface area contributed by atoms with Crippen molar-refractivity contribution in [2.75, 3.05) is 5.32 Å². The van der Waals surface area contributed by atoms with Gasteiger partial charge < -0.3 is 9.15 Å². The molecule has 0 atom stereocenters. The molecule has 1 heterocycles. The lowest BCUT2D eigenvalue weighted by molar-refractivity contribution is 0.0973. The van der Waals surface area contributed by atoms with E-state index in [-0.39, 0.29) is 12.4 Å². The predicted octanol–water partition coefficient (Wildman–Crippen LogP) is 3.55. The molecule has 1 aromatic carbocycles. The molecule has 108 valence electrons. The van der Waals surface area contributed by atoms with E-state index in [1.165, 1.54) is 6.26 Å². The number of amides is 1. The molecule has 5 heteroatoms. The summed E-state index contributed by atoms with van der Waals surface area (Å²) in [7, 11) is 0. The minimum absolute atomic E-state index is 0.0573. The number of ketones is 1. The summed E-state index contributed by atoms with van der Waals surface area (Å²) in [5.41, 5.74) is 2.11. The maximum absolute atomic E-state index is 12.0. The normalized spacial score (nSPS) is 13.6. The molecule has 1 aliphatic rings. The third-order valence-corrected chi connectivity index (χ3v) is 3.44. The zero-order valence-corrected chi connectivity index (χ0v) is 11.4. The Morgan fingerprint density at radius 1 is 1.24 bits per heavy atom. The molecule has 0 fully saturated rings. The zero-order chi connectivity index (χ0) is 14.7. The molecule has 21 heavy (non-hydrogen) atoms. The van der Waals surface area contributed by atoms with Crippen LogP contribution in [-0.2, 0) is 17.8 Å². The summed E-state index contributed by atoms with van der Waals surface area (Å²) in [5, 5.41) is 2.64. The van der Waals surface area contributed by atoms with Crippen molar-refractivity contribution < 1.29 is 18.7 Å². The standard InChI is InChI=1S/C16H15NO4/c18-14-8-2-5-11-4-1-7-13(15(11)14)17-16(19)21-10-12-6-3-9-20-12/h1,3-4,6-7,9H,2,5,8,10H2,(H,17,19). The van der Waals surface area contributed by atoms with Crippen LogP contribution in [0.2, 0.25) is 0 Å². The fraction of sp³-hybridized carbons (Fsp3) is 0.250. The van der Waals surface area contributed by atoms with E-state index in [4.69, 9.17) is 9.15 Å². The molecule has 1 amide bonds. The van der Waals surface area contributed by atoms with E-state index in [1.54, 1.807) is 18.2 Å². The first-order valence-electron chi connectivity index (χ1n) is 6.85. The highest BCUT2D eigenvalue weighted by Gasteiger charge is 2.21. The summed E-state index contributed by atoms with van der Waals surface area (Å²) in [5.74, 6) is 0.634. The van der Waals surface area contributed by atoms with Crippen LogP contribution in [0.25, 0.3) is 0 Å². The van der Waals surface area contributed by atoms with Crippen LogP contribution < -0.4 is 5.32 Å². The second kappa shape index (κ2) is 5.83. The minimum Gasteiger partial charge on any atom is -0.466 e. The lowest BCUT2D eigenvalue weighted by atomic mass is 9.89. The number of Topliss-reactive ketones (excluding diaryl/α,β-unsaturated/α-hetero) is 1. The van der Waals surface area contributed by atoms with Crippen molar-refractivity contribution in [3.05, 3.63) is 53.5 Å². The molecule has 1 aliphatic carbocycles. The van der Waals surface area contributed by atoms with Gasteiger partial charge in [0, 0.05) is 12.0 Å². The Bertz CT molecular complexity index is 661. The van der Waals surface area contributed by atoms with Crippen molar-refractivity contribution in [3.63, 3.8) is 0 Å². The Hall–Kier alpha value is -2.56. The smallest absolute Gasteiger partial charge is 0.412 e. The topological polar surface area (TPSA) is 68.5 Å². The number of hydrogen-bond donors (Lipinski definition) is 1. The molecule has 0 radical (unpaired) electrons. The molecule has 1 aromatic heterocycles. The quantitative estimate of drug-likeness (QED) is 0.936. The Kier molecular flexibility index (Phi) is 3.73. The highest BCUT2D eigenvalue weighted by Crippen LogP contribution is 2.28. The number of carbonyl (C=O) groups excluding carboxylic acids is 2. The third-order valence-electron chi connectivity index (χ3n) is 3.44. The first-order valence-corrected chi connectivity index (χ1v) is 6.85. The van der Waals surface area contributed by atoms with Crippen molar-refractivity contribution in [1.82, 2.24) is 0 Å². The largest absolute Gasteiger partial charge is 0.466 e. The van der Waals surface area contributed by atoms with Crippen molar-refractivity contribution in [2.24, 2.45) is 0 Å². The molecule has 3 rings (SSSR count). The van der Waals surface area contributed by atoms with Gasteiger partial charge in [-0.25, -0.2) is 4.79 Å². The minimum atomic E-state index is -0.599. The van der Waals surface area contributed by atoms with E-state index in [9.17, 15) is 9.59 Å². The number of aryl methyl sites for hydroxylation is 1. The second-order valence-corrected chi connectivity index (χ2v) is 4.90. The van der Waals surface area contributed by atoms with E-state index in [2.05, 4.69) is 5.32 Å². The molecule has 0 saturated heterocycles. The molecule has 0 saturated carbocycles. The van der Waals surface area contributed by atoms with Gasteiger partial charge >= 0.3 is 6.09 Å². The molecule has 1 N–H and O–H groups in total. The van der Waals surface area contributed by atoms with Gasteiger partial charge in [0.05, 0.1) is 12.0 Å².